The third kappa shape index (κ3) is 5.06. The van der Waals surface area contributed by atoms with Gasteiger partial charge in [0.25, 0.3) is 0 Å². The number of Topliss-reactive ketones (excluding diaryl/α,β-unsaturated/α-hetero) is 1. The zero-order valence-corrected chi connectivity index (χ0v) is 19.0. The van der Waals surface area contributed by atoms with Gasteiger partial charge in [-0.25, -0.2) is 4.79 Å². The maximum atomic E-state index is 13.2. The van der Waals surface area contributed by atoms with Gasteiger partial charge >= 0.3 is 11.9 Å². The number of allylic oxidation sites excluding steroid dienone is 3. The number of unbranched alkanes of at least 4 members (excludes halogenated alkanes) is 1. The van der Waals surface area contributed by atoms with Crippen molar-refractivity contribution in [3.8, 4) is 5.75 Å². The van der Waals surface area contributed by atoms with E-state index in [0.717, 1.165) is 30.5 Å². The first-order chi connectivity index (χ1) is 14.6. The van der Waals surface area contributed by atoms with Crippen molar-refractivity contribution in [1.82, 2.24) is 5.32 Å². The van der Waals surface area contributed by atoms with Crippen LogP contribution in [0, 0.1) is 5.41 Å². The van der Waals surface area contributed by atoms with Crippen LogP contribution in [0.2, 0.25) is 0 Å². The lowest BCUT2D eigenvalue weighted by Crippen LogP contribution is -2.38. The van der Waals surface area contributed by atoms with Crippen molar-refractivity contribution in [3.05, 3.63) is 52.4 Å². The molecule has 1 aromatic carbocycles. The van der Waals surface area contributed by atoms with Gasteiger partial charge in [-0.2, -0.15) is 0 Å². The second-order valence-corrected chi connectivity index (χ2v) is 9.08. The van der Waals surface area contributed by atoms with Crippen LogP contribution in [0.4, 0.5) is 0 Å². The molecule has 6 nitrogen and oxygen atoms in total. The third-order valence-corrected chi connectivity index (χ3v) is 5.67. The molecule has 0 saturated carbocycles. The molecule has 1 aliphatic heterocycles. The summed E-state index contributed by atoms with van der Waals surface area (Å²) in [5.74, 6) is -0.861. The van der Waals surface area contributed by atoms with Gasteiger partial charge in [0.1, 0.15) is 5.75 Å². The van der Waals surface area contributed by atoms with E-state index in [-0.39, 0.29) is 11.2 Å². The highest BCUT2D eigenvalue weighted by Gasteiger charge is 2.43. The number of hydrogen-bond acceptors (Lipinski definition) is 6. The SMILES string of the molecule is CCCCOC(=O)C1=C(C)NC2=C(C(=O)CC(C)(C)C2)C1c1ccc(OC(C)=O)cc1. The van der Waals surface area contributed by atoms with E-state index in [1.165, 1.54) is 6.92 Å². The fourth-order valence-corrected chi connectivity index (χ4v) is 4.32. The van der Waals surface area contributed by atoms with Crippen LogP contribution in [0.25, 0.3) is 0 Å². The first kappa shape index (κ1) is 22.8. The van der Waals surface area contributed by atoms with Gasteiger partial charge in [-0.3, -0.25) is 9.59 Å². The Morgan fingerprint density at radius 2 is 1.84 bits per heavy atom. The summed E-state index contributed by atoms with van der Waals surface area (Å²) in [7, 11) is 0. The number of ether oxygens (including phenoxy) is 2. The molecule has 0 radical (unpaired) electrons. The zero-order chi connectivity index (χ0) is 22.8. The standard InChI is InChI=1S/C25H31NO5/c1-6-7-12-30-24(29)21-15(2)26-19-13-25(4,5)14-20(28)23(19)22(21)17-8-10-18(11-9-17)31-16(3)27/h8-11,22,26H,6-7,12-14H2,1-5H3. The molecule has 1 atom stereocenters. The minimum atomic E-state index is -0.514. The van der Waals surface area contributed by atoms with E-state index >= 15 is 0 Å². The van der Waals surface area contributed by atoms with Crippen LogP contribution < -0.4 is 10.1 Å². The molecule has 0 amide bonds. The molecule has 1 aromatic rings. The Bertz CT molecular complexity index is 953. The lowest BCUT2D eigenvalue weighted by atomic mass is 9.68. The molecule has 3 rings (SSSR count). The first-order valence-corrected chi connectivity index (χ1v) is 10.8. The summed E-state index contributed by atoms with van der Waals surface area (Å²) >= 11 is 0. The van der Waals surface area contributed by atoms with Crippen LogP contribution in [0.15, 0.2) is 46.8 Å². The van der Waals surface area contributed by atoms with E-state index in [0.29, 0.717) is 35.6 Å². The monoisotopic (exact) mass is 425 g/mol. The van der Waals surface area contributed by atoms with Crippen LogP contribution in [0.5, 0.6) is 5.75 Å². The molecule has 166 valence electrons. The summed E-state index contributed by atoms with van der Waals surface area (Å²) in [6.07, 6.45) is 2.86. The highest BCUT2D eigenvalue weighted by molar-refractivity contribution is 6.04. The fourth-order valence-electron chi connectivity index (χ4n) is 4.32. The van der Waals surface area contributed by atoms with Crippen LogP contribution in [0.3, 0.4) is 0 Å². The molecule has 0 saturated heterocycles. The van der Waals surface area contributed by atoms with Gasteiger partial charge in [0.05, 0.1) is 12.2 Å². The van der Waals surface area contributed by atoms with Crippen molar-refractivity contribution in [2.45, 2.75) is 66.2 Å². The van der Waals surface area contributed by atoms with Gasteiger partial charge in [-0.15, -0.1) is 0 Å². The Balaban J connectivity index is 2.05. The van der Waals surface area contributed by atoms with Gasteiger partial charge in [0, 0.05) is 36.2 Å². The summed E-state index contributed by atoms with van der Waals surface area (Å²) in [4.78, 5) is 37.5. The van der Waals surface area contributed by atoms with Crippen LogP contribution in [0.1, 0.15) is 71.8 Å². The summed E-state index contributed by atoms with van der Waals surface area (Å²) in [6, 6.07) is 6.98. The number of benzene rings is 1. The molecular weight excluding hydrogens is 394 g/mol. The van der Waals surface area contributed by atoms with E-state index in [9.17, 15) is 14.4 Å². The average molecular weight is 426 g/mol. The molecule has 0 spiro atoms. The summed E-state index contributed by atoms with van der Waals surface area (Å²) < 4.78 is 10.7. The highest BCUT2D eigenvalue weighted by atomic mass is 16.5. The van der Waals surface area contributed by atoms with Gasteiger partial charge in [-0.1, -0.05) is 39.3 Å². The van der Waals surface area contributed by atoms with Gasteiger partial charge < -0.3 is 14.8 Å². The molecular formula is C25H31NO5. The summed E-state index contributed by atoms with van der Waals surface area (Å²) in [5.41, 5.74) is 3.32. The van der Waals surface area contributed by atoms with Crippen LogP contribution >= 0.6 is 0 Å². The normalized spacial score (nSPS) is 20.2. The Morgan fingerprint density at radius 3 is 2.45 bits per heavy atom. The number of ketones is 1. The maximum Gasteiger partial charge on any atom is 0.336 e. The molecule has 0 aromatic heterocycles. The summed E-state index contributed by atoms with van der Waals surface area (Å²) in [6.45, 7) is 9.73. The number of carbonyl (C=O) groups is 3. The van der Waals surface area contributed by atoms with Gasteiger partial charge in [-0.05, 0) is 42.9 Å². The number of hydrogen-bond donors (Lipinski definition) is 1. The van der Waals surface area contributed by atoms with E-state index in [1.807, 2.05) is 13.8 Å². The van der Waals surface area contributed by atoms with E-state index in [4.69, 9.17) is 9.47 Å². The second kappa shape index (κ2) is 9.08. The van der Waals surface area contributed by atoms with E-state index in [2.05, 4.69) is 19.2 Å². The molecule has 6 heteroatoms. The second-order valence-electron chi connectivity index (χ2n) is 9.08. The Hall–Kier alpha value is -2.89. The minimum Gasteiger partial charge on any atom is -0.462 e. The van der Waals surface area contributed by atoms with Crippen molar-refractivity contribution in [2.24, 2.45) is 5.41 Å². The molecule has 1 aliphatic carbocycles. The molecule has 2 aliphatic rings. The highest BCUT2D eigenvalue weighted by Crippen LogP contribution is 2.46. The lowest BCUT2D eigenvalue weighted by Gasteiger charge is -2.39. The molecule has 1 N–H and O–H groups in total. The van der Waals surface area contributed by atoms with Crippen molar-refractivity contribution in [2.75, 3.05) is 6.61 Å². The minimum absolute atomic E-state index is 0.0409. The predicted octanol–water partition coefficient (Wildman–Crippen LogP) is 4.56. The predicted molar refractivity (Wildman–Crippen MR) is 117 cm³/mol. The molecule has 1 heterocycles. The maximum absolute atomic E-state index is 13.2. The third-order valence-electron chi connectivity index (χ3n) is 5.67. The Labute approximate surface area is 183 Å². The summed E-state index contributed by atoms with van der Waals surface area (Å²) in [5, 5.41) is 3.33. The van der Waals surface area contributed by atoms with E-state index in [1.54, 1.807) is 24.3 Å². The van der Waals surface area contributed by atoms with Crippen molar-refractivity contribution < 1.29 is 23.9 Å². The molecule has 31 heavy (non-hydrogen) atoms. The Morgan fingerprint density at radius 1 is 1.16 bits per heavy atom. The zero-order valence-electron chi connectivity index (χ0n) is 19.0. The molecule has 0 bridgehead atoms. The quantitative estimate of drug-likeness (QED) is 0.409. The number of esters is 2. The van der Waals surface area contributed by atoms with Crippen LogP contribution in [-0.2, 0) is 19.1 Å². The van der Waals surface area contributed by atoms with Gasteiger partial charge in [0.2, 0.25) is 0 Å². The fraction of sp³-hybridized carbons (Fsp3) is 0.480. The Kier molecular flexibility index (Phi) is 6.68. The van der Waals surface area contributed by atoms with Crippen molar-refractivity contribution in [1.29, 1.82) is 0 Å². The van der Waals surface area contributed by atoms with Gasteiger partial charge in [0.15, 0.2) is 5.78 Å². The van der Waals surface area contributed by atoms with Crippen LogP contribution in [-0.4, -0.2) is 24.3 Å². The first-order valence-electron chi connectivity index (χ1n) is 10.8. The van der Waals surface area contributed by atoms with Crippen molar-refractivity contribution >= 4 is 17.7 Å². The van der Waals surface area contributed by atoms with E-state index < -0.39 is 17.9 Å². The van der Waals surface area contributed by atoms with Crippen molar-refractivity contribution in [3.63, 3.8) is 0 Å². The lowest BCUT2D eigenvalue weighted by molar-refractivity contribution is -0.139. The number of dihydropyridines is 1. The largest absolute Gasteiger partial charge is 0.462 e. The molecule has 0 fully saturated rings. The molecule has 1 unspecified atom stereocenters. The smallest absolute Gasteiger partial charge is 0.336 e. The number of rotatable bonds is 6. The number of carbonyl (C=O) groups excluding carboxylic acids is 3. The number of nitrogens with one attached hydrogen (secondary N) is 1. The topological polar surface area (TPSA) is 81.7 Å². The average Bonchev–Trinajstić information content (AvgIpc) is 2.66.